The van der Waals surface area contributed by atoms with E-state index in [0.29, 0.717) is 24.3 Å². The second-order valence-electron chi connectivity index (χ2n) is 5.66. The molecule has 1 N–H and O–H groups in total. The van der Waals surface area contributed by atoms with Gasteiger partial charge in [-0.1, -0.05) is 26.0 Å². The number of rotatable bonds is 4. The summed E-state index contributed by atoms with van der Waals surface area (Å²) in [6.07, 6.45) is 0. The van der Waals surface area contributed by atoms with Crippen molar-refractivity contribution in [3.8, 4) is 6.07 Å². The molecule has 0 unspecified atom stereocenters. The fourth-order valence-electron chi connectivity index (χ4n) is 2.61. The first kappa shape index (κ1) is 21.6. The highest BCUT2D eigenvalue weighted by Crippen LogP contribution is 2.25. The first-order valence-corrected chi connectivity index (χ1v) is 10.4. The van der Waals surface area contributed by atoms with Crippen LogP contribution in [0.4, 0.5) is 5.69 Å². The van der Waals surface area contributed by atoms with E-state index in [2.05, 4.69) is 5.32 Å². The third kappa shape index (κ3) is 4.95. The number of anilines is 1. The number of hydrogen-bond acceptors (Lipinski definition) is 5. The molecule has 28 heavy (non-hydrogen) atoms. The second kappa shape index (κ2) is 9.99. The molecule has 1 aliphatic heterocycles. The molecule has 0 saturated carbocycles. The van der Waals surface area contributed by atoms with E-state index >= 15 is 0 Å². The van der Waals surface area contributed by atoms with E-state index in [0.717, 1.165) is 0 Å². The normalized spacial score (nSPS) is 14.3. The molecule has 150 valence electrons. The molecule has 0 spiro atoms. The van der Waals surface area contributed by atoms with E-state index in [1.54, 1.807) is 18.2 Å². The van der Waals surface area contributed by atoms with E-state index in [9.17, 15) is 13.2 Å². The average molecular weight is 404 g/mol. The van der Waals surface area contributed by atoms with E-state index in [1.807, 2.05) is 19.9 Å². The van der Waals surface area contributed by atoms with Gasteiger partial charge in [0.05, 0.1) is 30.5 Å². The molecule has 1 saturated heterocycles. The Kier molecular flexibility index (Phi) is 7.70. The number of ether oxygens (including phenoxy) is 1. The molecule has 2 aromatic carbocycles. The maximum Gasteiger partial charge on any atom is 0.255 e. The van der Waals surface area contributed by atoms with Crippen LogP contribution < -0.4 is 5.32 Å². The Balaban J connectivity index is 0.00000136. The predicted octanol–water partition coefficient (Wildman–Crippen LogP) is 3.10. The number of hydrogen-bond donors (Lipinski definition) is 1. The zero-order valence-corrected chi connectivity index (χ0v) is 16.7. The zero-order chi connectivity index (χ0) is 20.6. The third-order valence-corrected chi connectivity index (χ3v) is 5.96. The highest BCUT2D eigenvalue weighted by molar-refractivity contribution is 7.89. The molecule has 1 aliphatic rings. The van der Waals surface area contributed by atoms with E-state index in [4.69, 9.17) is 10.00 Å². The summed E-state index contributed by atoms with van der Waals surface area (Å²) in [5.74, 6) is -0.445. The molecule has 1 fully saturated rings. The van der Waals surface area contributed by atoms with Gasteiger partial charge >= 0.3 is 0 Å². The van der Waals surface area contributed by atoms with Crippen LogP contribution in [0.3, 0.4) is 0 Å². The summed E-state index contributed by atoms with van der Waals surface area (Å²) >= 11 is 0. The highest BCUT2D eigenvalue weighted by atomic mass is 32.2. The number of sulfonamides is 1. The number of carbonyl (C=O) groups excluding carboxylic acids is 1. The fourth-order valence-corrected chi connectivity index (χ4v) is 4.17. The van der Waals surface area contributed by atoms with Gasteiger partial charge in [-0.15, -0.1) is 0 Å². The molecule has 0 bridgehead atoms. The molecule has 1 amide bonds. The molecular formula is C20H25N3O4S. The summed E-state index contributed by atoms with van der Waals surface area (Å²) in [6, 6.07) is 14.4. The van der Waals surface area contributed by atoms with Gasteiger partial charge in [0.2, 0.25) is 10.0 Å². The van der Waals surface area contributed by atoms with Gasteiger partial charge in [0.1, 0.15) is 4.90 Å². The van der Waals surface area contributed by atoms with Gasteiger partial charge in [-0.25, -0.2) is 8.42 Å². The number of morpholine rings is 1. The number of benzene rings is 2. The SMILES string of the molecule is CC.N#Cc1ccc(C(=O)Nc2ccccc2S(=O)(=O)N2CCOCC2)cc1.[HH]. The predicted molar refractivity (Wildman–Crippen MR) is 109 cm³/mol. The second-order valence-corrected chi connectivity index (χ2v) is 7.56. The first-order chi connectivity index (χ1) is 13.5. The minimum absolute atomic E-state index is 0. The van der Waals surface area contributed by atoms with Crippen LogP contribution in [-0.2, 0) is 14.8 Å². The van der Waals surface area contributed by atoms with Crippen molar-refractivity contribution in [2.24, 2.45) is 0 Å². The topological polar surface area (TPSA) is 99.5 Å². The van der Waals surface area contributed by atoms with Gasteiger partial charge in [-0.05, 0) is 36.4 Å². The van der Waals surface area contributed by atoms with Gasteiger partial charge in [0.15, 0.2) is 0 Å². The molecule has 2 aromatic rings. The van der Waals surface area contributed by atoms with Crippen molar-refractivity contribution in [1.29, 1.82) is 5.26 Å². The summed E-state index contributed by atoms with van der Waals surface area (Å²) in [4.78, 5) is 12.5. The lowest BCUT2D eigenvalue weighted by molar-refractivity contribution is 0.0730. The van der Waals surface area contributed by atoms with Crippen LogP contribution in [0, 0.1) is 11.3 Å². The summed E-state index contributed by atoms with van der Waals surface area (Å²) < 4.78 is 32.3. The molecule has 3 rings (SSSR count). The van der Waals surface area contributed by atoms with Crippen LogP contribution in [0.1, 0.15) is 31.2 Å². The maximum absolute atomic E-state index is 12.9. The Labute approximate surface area is 167 Å². The Hall–Kier alpha value is -2.73. The zero-order valence-electron chi connectivity index (χ0n) is 15.9. The smallest absolute Gasteiger partial charge is 0.255 e. The minimum atomic E-state index is -3.74. The lowest BCUT2D eigenvalue weighted by atomic mass is 10.1. The minimum Gasteiger partial charge on any atom is -0.379 e. The lowest BCUT2D eigenvalue weighted by Gasteiger charge is -2.26. The molecule has 0 atom stereocenters. The summed E-state index contributed by atoms with van der Waals surface area (Å²) in [5.41, 5.74) is 0.993. The number of amides is 1. The van der Waals surface area contributed by atoms with Crippen molar-refractivity contribution >= 4 is 21.6 Å². The third-order valence-electron chi connectivity index (χ3n) is 4.00. The van der Waals surface area contributed by atoms with Gasteiger partial charge in [0.25, 0.3) is 5.91 Å². The summed E-state index contributed by atoms with van der Waals surface area (Å²) in [6.45, 7) is 5.25. The fraction of sp³-hybridized carbons (Fsp3) is 0.300. The Morgan fingerprint density at radius 3 is 2.32 bits per heavy atom. The van der Waals surface area contributed by atoms with E-state index in [-0.39, 0.29) is 25.1 Å². The monoisotopic (exact) mass is 403 g/mol. The summed E-state index contributed by atoms with van der Waals surface area (Å²) in [5, 5.41) is 11.5. The largest absolute Gasteiger partial charge is 0.379 e. The number of nitrogens with one attached hydrogen (secondary N) is 1. The van der Waals surface area contributed by atoms with Gasteiger partial charge in [-0.2, -0.15) is 9.57 Å². The van der Waals surface area contributed by atoms with E-state index in [1.165, 1.54) is 34.6 Å². The van der Waals surface area contributed by atoms with Crippen LogP contribution in [-0.4, -0.2) is 44.9 Å². The van der Waals surface area contributed by atoms with Gasteiger partial charge in [-0.3, -0.25) is 4.79 Å². The number of carbonyl (C=O) groups is 1. The van der Waals surface area contributed by atoms with Crippen molar-refractivity contribution in [3.63, 3.8) is 0 Å². The molecular weight excluding hydrogens is 378 g/mol. The van der Waals surface area contributed by atoms with Crippen molar-refractivity contribution in [2.45, 2.75) is 18.7 Å². The molecule has 1 heterocycles. The van der Waals surface area contributed by atoms with Crippen LogP contribution in [0.15, 0.2) is 53.4 Å². The summed E-state index contributed by atoms with van der Waals surface area (Å²) in [7, 11) is -3.74. The Bertz CT molecular complexity index is 950. The molecule has 0 aromatic heterocycles. The van der Waals surface area contributed by atoms with Crippen molar-refractivity contribution in [3.05, 3.63) is 59.7 Å². The standard InChI is InChI=1S/C18H17N3O4S.C2H6.H2/c19-13-14-5-7-15(8-6-14)18(22)20-16-3-1-2-4-17(16)26(23,24)21-9-11-25-12-10-21;1-2;/h1-8H,9-12H2,(H,20,22);1-2H3;1H. The molecule has 0 aliphatic carbocycles. The number of nitriles is 1. The lowest BCUT2D eigenvalue weighted by Crippen LogP contribution is -2.40. The van der Waals surface area contributed by atoms with Crippen LogP contribution in [0.25, 0.3) is 0 Å². The van der Waals surface area contributed by atoms with Crippen molar-refractivity contribution < 1.29 is 19.4 Å². The maximum atomic E-state index is 12.9. The molecule has 8 heteroatoms. The van der Waals surface area contributed by atoms with Crippen LogP contribution in [0.5, 0.6) is 0 Å². The van der Waals surface area contributed by atoms with Crippen molar-refractivity contribution in [1.82, 2.24) is 4.31 Å². The molecule has 0 radical (unpaired) electrons. The number of nitrogens with zero attached hydrogens (tertiary/aromatic N) is 2. The van der Waals surface area contributed by atoms with Crippen LogP contribution in [0.2, 0.25) is 0 Å². The first-order valence-electron chi connectivity index (χ1n) is 9.01. The van der Waals surface area contributed by atoms with Gasteiger partial charge in [0, 0.05) is 20.1 Å². The Morgan fingerprint density at radius 1 is 1.11 bits per heavy atom. The van der Waals surface area contributed by atoms with E-state index < -0.39 is 15.9 Å². The van der Waals surface area contributed by atoms with Gasteiger partial charge < -0.3 is 10.1 Å². The average Bonchev–Trinajstić information content (AvgIpc) is 2.76. The number of para-hydroxylation sites is 1. The Morgan fingerprint density at radius 2 is 1.71 bits per heavy atom. The molecule has 7 nitrogen and oxygen atoms in total. The quantitative estimate of drug-likeness (QED) is 0.846. The highest BCUT2D eigenvalue weighted by Gasteiger charge is 2.28. The van der Waals surface area contributed by atoms with Crippen LogP contribution >= 0.6 is 0 Å². The van der Waals surface area contributed by atoms with Crippen molar-refractivity contribution in [2.75, 3.05) is 31.6 Å².